The first-order valence-electron chi connectivity index (χ1n) is 10.5. The molecule has 0 aliphatic rings. The highest BCUT2D eigenvalue weighted by Gasteiger charge is 2.13. The molecule has 0 aliphatic carbocycles. The monoisotopic (exact) mass is 558 g/mol. The van der Waals surface area contributed by atoms with E-state index in [-0.39, 0.29) is 6.61 Å². The van der Waals surface area contributed by atoms with Crippen LogP contribution in [0.25, 0.3) is 0 Å². The molecule has 0 saturated heterocycles. The second-order valence-corrected chi connectivity index (χ2v) is 8.34. The Labute approximate surface area is 217 Å². The van der Waals surface area contributed by atoms with Gasteiger partial charge in [0.15, 0.2) is 23.0 Å². The summed E-state index contributed by atoms with van der Waals surface area (Å²) in [5.74, 6) is 1.57. The molecule has 0 fully saturated rings. The van der Waals surface area contributed by atoms with Gasteiger partial charge < -0.3 is 18.9 Å². The zero-order valence-corrected chi connectivity index (χ0v) is 21.6. The maximum Gasteiger partial charge on any atom is 0.271 e. The van der Waals surface area contributed by atoms with Crippen LogP contribution in [0.5, 0.6) is 23.0 Å². The normalized spacial score (nSPS) is 10.6. The van der Waals surface area contributed by atoms with E-state index in [9.17, 15) is 4.79 Å². The zero-order valence-electron chi connectivity index (χ0n) is 19.2. The molecule has 0 atom stereocenters. The number of benzene rings is 3. The fourth-order valence-corrected chi connectivity index (χ4v) is 3.79. The average molecular weight is 560 g/mol. The van der Waals surface area contributed by atoms with Gasteiger partial charge >= 0.3 is 0 Å². The van der Waals surface area contributed by atoms with Gasteiger partial charge in [0.05, 0.1) is 24.9 Å². The maximum atomic E-state index is 12.5. The molecule has 0 heterocycles. The van der Waals surface area contributed by atoms with E-state index in [1.54, 1.807) is 43.5 Å². The third-order valence-corrected chi connectivity index (χ3v) is 5.70. The van der Waals surface area contributed by atoms with Crippen molar-refractivity contribution in [3.05, 3.63) is 93.4 Å². The molecule has 0 unspecified atom stereocenters. The second kappa shape index (κ2) is 12.8. The van der Waals surface area contributed by atoms with Crippen LogP contribution in [0.3, 0.4) is 0 Å². The van der Waals surface area contributed by atoms with Crippen LogP contribution in [0.4, 0.5) is 0 Å². The Morgan fingerprint density at radius 1 is 1.06 bits per heavy atom. The molecule has 35 heavy (non-hydrogen) atoms. The lowest BCUT2D eigenvalue weighted by atomic mass is 10.2. The Bertz CT molecular complexity index is 1230. The molecule has 0 radical (unpaired) electrons. The van der Waals surface area contributed by atoms with Crippen LogP contribution in [-0.4, -0.2) is 32.9 Å². The molecule has 3 rings (SSSR count). The van der Waals surface area contributed by atoms with Gasteiger partial charge in [0.25, 0.3) is 5.91 Å². The molecule has 3 aromatic rings. The molecule has 1 N–H and O–H groups in total. The number of hydrazone groups is 1. The smallest absolute Gasteiger partial charge is 0.271 e. The van der Waals surface area contributed by atoms with Crippen molar-refractivity contribution in [2.24, 2.45) is 5.10 Å². The number of ether oxygens (including phenoxy) is 4. The summed E-state index contributed by atoms with van der Waals surface area (Å²) in [5, 5.41) is 4.68. The fraction of sp³-hybridized carbons (Fsp3) is 0.154. The highest BCUT2D eigenvalue weighted by molar-refractivity contribution is 9.10. The first kappa shape index (κ1) is 26.1. The minimum absolute atomic E-state index is 0.277. The van der Waals surface area contributed by atoms with Crippen LogP contribution >= 0.6 is 27.5 Å². The Balaban J connectivity index is 1.68. The number of nitrogens with one attached hydrogen (secondary N) is 1. The summed E-state index contributed by atoms with van der Waals surface area (Å²) in [7, 11) is 3.05. The summed E-state index contributed by atoms with van der Waals surface area (Å²) in [6.45, 7) is 4.22. The number of carbonyl (C=O) groups excluding carboxylic acids is 1. The number of carbonyl (C=O) groups is 1. The van der Waals surface area contributed by atoms with Crippen molar-refractivity contribution in [2.75, 3.05) is 20.8 Å². The highest BCUT2D eigenvalue weighted by Crippen LogP contribution is 2.37. The van der Waals surface area contributed by atoms with Crippen LogP contribution in [0.1, 0.15) is 21.5 Å². The van der Waals surface area contributed by atoms with Gasteiger partial charge in [-0.1, -0.05) is 42.5 Å². The van der Waals surface area contributed by atoms with E-state index in [0.717, 1.165) is 5.56 Å². The van der Waals surface area contributed by atoms with E-state index >= 15 is 0 Å². The fourth-order valence-electron chi connectivity index (χ4n) is 3.03. The largest absolute Gasteiger partial charge is 0.493 e. The van der Waals surface area contributed by atoms with Crippen LogP contribution in [-0.2, 0) is 6.61 Å². The quantitative estimate of drug-likeness (QED) is 0.176. The van der Waals surface area contributed by atoms with Crippen LogP contribution in [0, 0.1) is 0 Å². The summed E-state index contributed by atoms with van der Waals surface area (Å²) < 4.78 is 22.9. The van der Waals surface area contributed by atoms with E-state index in [1.807, 2.05) is 24.3 Å². The predicted molar refractivity (Wildman–Crippen MR) is 140 cm³/mol. The highest BCUT2D eigenvalue weighted by atomic mass is 79.9. The third-order valence-electron chi connectivity index (χ3n) is 4.74. The van der Waals surface area contributed by atoms with Crippen molar-refractivity contribution in [2.45, 2.75) is 6.61 Å². The lowest BCUT2D eigenvalue weighted by Gasteiger charge is -2.14. The van der Waals surface area contributed by atoms with E-state index in [0.29, 0.717) is 50.2 Å². The van der Waals surface area contributed by atoms with Gasteiger partial charge in [-0.25, -0.2) is 5.43 Å². The number of hydrogen-bond donors (Lipinski definition) is 1. The number of nitrogens with zero attached hydrogens (tertiary/aromatic N) is 1. The molecule has 9 heteroatoms. The maximum absolute atomic E-state index is 12.5. The Hall–Kier alpha value is -3.49. The standard InChI is InChI=1S/C26H24BrClN2O5/c1-4-11-34-22-10-9-18(14-23(22)32-2)26(31)30-29-15-17-12-20(27)25(24(13-17)33-3)35-16-19-7-5-6-8-21(19)28/h4-10,12-15H,1,11,16H2,2-3H3,(H,30,31)/b29-15+. The van der Waals surface area contributed by atoms with Gasteiger partial charge in [-0.05, 0) is 57.9 Å². The lowest BCUT2D eigenvalue weighted by Crippen LogP contribution is -2.17. The van der Waals surface area contributed by atoms with Crippen molar-refractivity contribution < 1.29 is 23.7 Å². The molecule has 0 aliphatic heterocycles. The van der Waals surface area contributed by atoms with Crippen molar-refractivity contribution in [1.29, 1.82) is 0 Å². The summed E-state index contributed by atoms with van der Waals surface area (Å²) in [6.07, 6.45) is 3.13. The lowest BCUT2D eigenvalue weighted by molar-refractivity contribution is 0.0954. The van der Waals surface area contributed by atoms with Gasteiger partial charge in [0.1, 0.15) is 13.2 Å². The van der Waals surface area contributed by atoms with E-state index in [1.165, 1.54) is 13.3 Å². The number of methoxy groups -OCH3 is 2. The van der Waals surface area contributed by atoms with Crippen LogP contribution in [0.15, 0.2) is 76.8 Å². The van der Waals surface area contributed by atoms with Crippen LogP contribution < -0.4 is 24.4 Å². The third kappa shape index (κ3) is 7.00. The first-order valence-corrected chi connectivity index (χ1v) is 11.6. The second-order valence-electron chi connectivity index (χ2n) is 7.08. The molecule has 0 saturated carbocycles. The van der Waals surface area contributed by atoms with Crippen molar-refractivity contribution in [3.63, 3.8) is 0 Å². The molecule has 3 aromatic carbocycles. The van der Waals surface area contributed by atoms with Crippen molar-refractivity contribution >= 4 is 39.7 Å². The molecule has 0 aromatic heterocycles. The predicted octanol–water partition coefficient (Wildman–Crippen LogP) is 6.03. The van der Waals surface area contributed by atoms with Crippen molar-refractivity contribution in [1.82, 2.24) is 5.43 Å². The Kier molecular flexibility index (Phi) is 9.57. The van der Waals surface area contributed by atoms with E-state index < -0.39 is 5.91 Å². The summed E-state index contributed by atoms with van der Waals surface area (Å²) in [6, 6.07) is 15.9. The minimum atomic E-state index is -0.402. The van der Waals surface area contributed by atoms with Gasteiger partial charge in [0, 0.05) is 16.1 Å². The Morgan fingerprint density at radius 3 is 2.54 bits per heavy atom. The van der Waals surface area contributed by atoms with Gasteiger partial charge in [-0.2, -0.15) is 5.10 Å². The molecular weight excluding hydrogens is 536 g/mol. The van der Waals surface area contributed by atoms with E-state index in [4.69, 9.17) is 30.5 Å². The molecule has 1 amide bonds. The minimum Gasteiger partial charge on any atom is -0.493 e. The number of halogens is 2. The molecule has 0 spiro atoms. The Morgan fingerprint density at radius 2 is 1.83 bits per heavy atom. The van der Waals surface area contributed by atoms with E-state index in [2.05, 4.69) is 33.0 Å². The number of hydrogen-bond acceptors (Lipinski definition) is 6. The zero-order chi connectivity index (χ0) is 25.2. The molecule has 0 bridgehead atoms. The molecular formula is C26H24BrClN2O5. The van der Waals surface area contributed by atoms with Crippen molar-refractivity contribution in [3.8, 4) is 23.0 Å². The van der Waals surface area contributed by atoms with Crippen LogP contribution in [0.2, 0.25) is 5.02 Å². The summed E-state index contributed by atoms with van der Waals surface area (Å²) >= 11 is 9.72. The first-order chi connectivity index (χ1) is 17.0. The SMILES string of the molecule is C=CCOc1ccc(C(=O)N/N=C/c2cc(Br)c(OCc3ccccc3Cl)c(OC)c2)cc1OC. The van der Waals surface area contributed by atoms with Gasteiger partial charge in [-0.15, -0.1) is 0 Å². The topological polar surface area (TPSA) is 78.4 Å². The van der Waals surface area contributed by atoms with Gasteiger partial charge in [-0.3, -0.25) is 4.79 Å². The molecule has 182 valence electrons. The summed E-state index contributed by atoms with van der Waals surface area (Å²) in [5.41, 5.74) is 4.41. The number of amides is 1. The summed E-state index contributed by atoms with van der Waals surface area (Å²) in [4.78, 5) is 12.5. The van der Waals surface area contributed by atoms with Gasteiger partial charge in [0.2, 0.25) is 0 Å². The number of rotatable bonds is 11. The molecule has 7 nitrogen and oxygen atoms in total. The average Bonchev–Trinajstić information content (AvgIpc) is 2.87.